The second-order valence-corrected chi connectivity index (χ2v) is 6.32. The van der Waals surface area contributed by atoms with Crippen LogP contribution in [0.15, 0.2) is 18.2 Å². The van der Waals surface area contributed by atoms with E-state index in [1.807, 2.05) is 0 Å². The van der Waals surface area contributed by atoms with E-state index in [-0.39, 0.29) is 17.6 Å². The van der Waals surface area contributed by atoms with Gasteiger partial charge in [-0.25, -0.2) is 4.39 Å². The number of anilines is 4. The molecule has 0 bridgehead atoms. The summed E-state index contributed by atoms with van der Waals surface area (Å²) in [7, 11) is 1.40. The van der Waals surface area contributed by atoms with Crippen LogP contribution in [0.5, 0.6) is 5.75 Å². The fraction of sp³-hybridized carbons (Fsp3) is 0.444. The number of halogens is 1. The summed E-state index contributed by atoms with van der Waals surface area (Å²) in [5.41, 5.74) is 0.450. The summed E-state index contributed by atoms with van der Waals surface area (Å²) in [6.07, 6.45) is 4.09. The fourth-order valence-electron chi connectivity index (χ4n) is 3.24. The molecule has 1 fully saturated rings. The Hall–Kier alpha value is -3.19. The molecule has 1 atom stereocenters. The van der Waals surface area contributed by atoms with Gasteiger partial charge in [0, 0.05) is 24.3 Å². The number of benzene rings is 1. The molecule has 0 amide bonds. The van der Waals surface area contributed by atoms with Crippen LogP contribution in [0.3, 0.4) is 0 Å². The zero-order valence-electron chi connectivity index (χ0n) is 15.9. The normalized spacial score (nSPS) is 16.4. The van der Waals surface area contributed by atoms with Gasteiger partial charge < -0.3 is 15.4 Å². The number of nitriles is 1. The van der Waals surface area contributed by atoms with Gasteiger partial charge in [0.05, 0.1) is 7.11 Å². The largest absolute Gasteiger partial charge is 0.494 e. The van der Waals surface area contributed by atoms with Crippen LogP contribution in [0.4, 0.5) is 27.9 Å². The highest BCUT2D eigenvalue weighted by molar-refractivity contribution is 5.57. The summed E-state index contributed by atoms with van der Waals surface area (Å²) in [6.45, 7) is 4.93. The number of methoxy groups -OCH3 is 1. The number of ether oxygens (including phenoxy) is 1. The van der Waals surface area contributed by atoms with Gasteiger partial charge in [0.2, 0.25) is 17.8 Å². The van der Waals surface area contributed by atoms with Gasteiger partial charge in [0.25, 0.3) is 0 Å². The van der Waals surface area contributed by atoms with Crippen LogP contribution in [-0.2, 0) is 0 Å². The Balaban J connectivity index is 1.75. The quantitative estimate of drug-likeness (QED) is 0.465. The number of nitrogens with zero attached hydrogens (tertiary/aromatic N) is 5. The predicted molar refractivity (Wildman–Crippen MR) is 104 cm³/mol. The molecule has 28 heavy (non-hydrogen) atoms. The van der Waals surface area contributed by atoms with Gasteiger partial charge >= 0.3 is 0 Å². The lowest BCUT2D eigenvalue weighted by Gasteiger charge is -2.22. The van der Waals surface area contributed by atoms with Crippen molar-refractivity contribution in [2.75, 3.05) is 42.7 Å². The van der Waals surface area contributed by atoms with E-state index in [9.17, 15) is 4.39 Å². The lowest BCUT2D eigenvalue weighted by molar-refractivity contribution is 0.277. The highest BCUT2D eigenvalue weighted by atomic mass is 19.1. The number of likely N-dealkylation sites (N-methyl/N-ethyl adjacent to an activating group) is 1. The van der Waals surface area contributed by atoms with Crippen molar-refractivity contribution in [3.8, 4) is 11.9 Å². The summed E-state index contributed by atoms with van der Waals surface area (Å²) in [5, 5.41) is 17.4. The van der Waals surface area contributed by atoms with E-state index in [1.54, 1.807) is 12.3 Å². The molecule has 2 heterocycles. The van der Waals surface area contributed by atoms with E-state index in [0.717, 1.165) is 19.5 Å². The van der Waals surface area contributed by atoms with Crippen molar-refractivity contribution in [1.29, 1.82) is 5.26 Å². The lowest BCUT2D eigenvalue weighted by Crippen LogP contribution is -2.35. The van der Waals surface area contributed by atoms with Crippen LogP contribution >= 0.6 is 0 Å². The monoisotopic (exact) mass is 386 g/mol. The van der Waals surface area contributed by atoms with Crippen molar-refractivity contribution < 1.29 is 9.13 Å². The van der Waals surface area contributed by atoms with E-state index in [4.69, 9.17) is 10.00 Å². The second kappa shape index (κ2) is 9.14. The van der Waals surface area contributed by atoms with Gasteiger partial charge in [-0.05, 0) is 38.1 Å². The Kier molecular flexibility index (Phi) is 6.39. The second-order valence-electron chi connectivity index (χ2n) is 6.32. The molecule has 0 spiro atoms. The molecule has 10 heteroatoms. The summed E-state index contributed by atoms with van der Waals surface area (Å²) < 4.78 is 18.8. The first-order valence-corrected chi connectivity index (χ1v) is 9.12. The van der Waals surface area contributed by atoms with Gasteiger partial charge in [-0.15, -0.1) is 0 Å². The van der Waals surface area contributed by atoms with Gasteiger partial charge in [0.15, 0.2) is 17.8 Å². The Morgan fingerprint density at radius 3 is 2.79 bits per heavy atom. The Bertz CT molecular complexity index is 856. The van der Waals surface area contributed by atoms with E-state index in [1.165, 1.54) is 25.7 Å². The first-order valence-electron chi connectivity index (χ1n) is 9.12. The molecule has 0 radical (unpaired) electrons. The Morgan fingerprint density at radius 1 is 1.29 bits per heavy atom. The molecular weight excluding hydrogens is 363 g/mol. The predicted octanol–water partition coefficient (Wildman–Crippen LogP) is 2.55. The molecule has 0 aliphatic carbocycles. The molecule has 1 aromatic carbocycles. The molecule has 1 saturated heterocycles. The number of hydrogen-bond donors (Lipinski definition) is 3. The third-order valence-corrected chi connectivity index (χ3v) is 4.61. The van der Waals surface area contributed by atoms with E-state index in [0.29, 0.717) is 24.2 Å². The molecule has 148 valence electrons. The number of hydrogen-bond acceptors (Lipinski definition) is 9. The standard InChI is InChI=1S/C18H23FN8O/c1-3-27-8-4-5-13(27)10-21-16-24-17(22-11-20)26-18(25-16)23-12-6-7-15(28-2)14(19)9-12/h6-7,9,13H,3-5,8,10H2,1-2H3,(H3,21,22,23,24,25,26). The zero-order valence-corrected chi connectivity index (χ0v) is 15.9. The maximum Gasteiger partial charge on any atom is 0.242 e. The summed E-state index contributed by atoms with van der Waals surface area (Å²) in [5.74, 6) is 0.282. The van der Waals surface area contributed by atoms with Gasteiger partial charge in [-0.2, -0.15) is 20.2 Å². The summed E-state index contributed by atoms with van der Waals surface area (Å²) >= 11 is 0. The van der Waals surface area contributed by atoms with Crippen LogP contribution in [0, 0.1) is 17.3 Å². The van der Waals surface area contributed by atoms with E-state index in [2.05, 4.69) is 42.7 Å². The van der Waals surface area contributed by atoms with E-state index < -0.39 is 5.82 Å². The van der Waals surface area contributed by atoms with Gasteiger partial charge in [-0.1, -0.05) is 6.92 Å². The molecule has 3 N–H and O–H groups in total. The van der Waals surface area contributed by atoms with Crippen molar-refractivity contribution in [2.45, 2.75) is 25.8 Å². The molecule has 3 rings (SSSR count). The number of aromatic nitrogens is 3. The third kappa shape index (κ3) is 4.75. The Morgan fingerprint density at radius 2 is 2.07 bits per heavy atom. The lowest BCUT2D eigenvalue weighted by atomic mass is 10.2. The van der Waals surface area contributed by atoms with Crippen molar-refractivity contribution in [2.24, 2.45) is 0 Å². The molecule has 1 unspecified atom stereocenters. The molecule has 1 aliphatic heterocycles. The average molecular weight is 386 g/mol. The molecule has 1 aliphatic rings. The van der Waals surface area contributed by atoms with Crippen LogP contribution in [0.1, 0.15) is 19.8 Å². The van der Waals surface area contributed by atoms with Crippen LogP contribution < -0.4 is 20.7 Å². The van der Waals surface area contributed by atoms with Gasteiger partial charge in [0.1, 0.15) is 0 Å². The maximum atomic E-state index is 13.9. The number of likely N-dealkylation sites (tertiary alicyclic amines) is 1. The smallest absolute Gasteiger partial charge is 0.242 e. The van der Waals surface area contributed by atoms with Crippen LogP contribution in [-0.4, -0.2) is 52.6 Å². The zero-order chi connectivity index (χ0) is 19.9. The molecule has 2 aromatic rings. The average Bonchev–Trinajstić information content (AvgIpc) is 3.14. The van der Waals surface area contributed by atoms with Crippen molar-refractivity contribution in [1.82, 2.24) is 19.9 Å². The van der Waals surface area contributed by atoms with Crippen molar-refractivity contribution in [3.05, 3.63) is 24.0 Å². The van der Waals surface area contributed by atoms with Crippen LogP contribution in [0.25, 0.3) is 0 Å². The fourth-order valence-corrected chi connectivity index (χ4v) is 3.24. The van der Waals surface area contributed by atoms with Gasteiger partial charge in [-0.3, -0.25) is 10.2 Å². The minimum atomic E-state index is -0.504. The van der Waals surface area contributed by atoms with Crippen LogP contribution in [0.2, 0.25) is 0 Å². The highest BCUT2D eigenvalue weighted by Gasteiger charge is 2.23. The molecule has 1 aromatic heterocycles. The first kappa shape index (κ1) is 19.6. The van der Waals surface area contributed by atoms with E-state index >= 15 is 0 Å². The topological polar surface area (TPSA) is 111 Å². The summed E-state index contributed by atoms with van der Waals surface area (Å²) in [6, 6.07) is 4.85. The summed E-state index contributed by atoms with van der Waals surface area (Å²) in [4.78, 5) is 15.1. The Labute approximate surface area is 163 Å². The van der Waals surface area contributed by atoms with Crippen molar-refractivity contribution in [3.63, 3.8) is 0 Å². The molecular formula is C18H23FN8O. The first-order chi connectivity index (χ1) is 13.6. The molecule has 9 nitrogen and oxygen atoms in total. The SMILES string of the molecule is CCN1CCCC1CNc1nc(NC#N)nc(Nc2ccc(OC)c(F)c2)n1. The number of rotatable bonds is 8. The maximum absolute atomic E-state index is 13.9. The highest BCUT2D eigenvalue weighted by Crippen LogP contribution is 2.23. The molecule has 0 saturated carbocycles. The minimum absolute atomic E-state index is 0.107. The minimum Gasteiger partial charge on any atom is -0.494 e. The number of nitrogens with one attached hydrogen (secondary N) is 3. The van der Waals surface area contributed by atoms with Crippen molar-refractivity contribution >= 4 is 23.5 Å². The third-order valence-electron chi connectivity index (χ3n) is 4.61.